The van der Waals surface area contributed by atoms with Crippen LogP contribution in [0.2, 0.25) is 0 Å². The normalized spacial score (nSPS) is 25.1. The van der Waals surface area contributed by atoms with Crippen molar-refractivity contribution in [3.63, 3.8) is 0 Å². The van der Waals surface area contributed by atoms with E-state index in [1.54, 1.807) is 22.1 Å². The van der Waals surface area contributed by atoms with E-state index < -0.39 is 10.0 Å². The molecule has 2 aromatic rings. The summed E-state index contributed by atoms with van der Waals surface area (Å²) in [7, 11) is -1.83. The van der Waals surface area contributed by atoms with Crippen LogP contribution in [0.1, 0.15) is 36.1 Å². The molecule has 2 aliphatic rings. The van der Waals surface area contributed by atoms with E-state index in [0.717, 1.165) is 24.0 Å². The highest BCUT2D eigenvalue weighted by Gasteiger charge is 2.50. The molecule has 6 heteroatoms. The predicted octanol–water partition coefficient (Wildman–Crippen LogP) is 2.00. The van der Waals surface area contributed by atoms with E-state index in [4.69, 9.17) is 0 Å². The van der Waals surface area contributed by atoms with Crippen LogP contribution in [0.25, 0.3) is 0 Å². The Kier molecular flexibility index (Phi) is 2.38. The first-order chi connectivity index (χ1) is 9.60. The lowest BCUT2D eigenvalue weighted by atomic mass is 9.92. The first-order valence-corrected chi connectivity index (χ1v) is 8.14. The molecule has 2 aliphatic heterocycles. The van der Waals surface area contributed by atoms with Gasteiger partial charge in [-0.25, -0.2) is 13.4 Å². The number of fused-ring (bicyclic) bond motifs is 5. The van der Waals surface area contributed by atoms with Crippen molar-refractivity contribution in [3.05, 3.63) is 47.8 Å². The minimum Gasteiger partial charge on any atom is -0.324 e. The minimum absolute atomic E-state index is 0.0297. The van der Waals surface area contributed by atoms with Crippen LogP contribution in [0.5, 0.6) is 0 Å². The molecule has 2 atom stereocenters. The van der Waals surface area contributed by atoms with Crippen LogP contribution in [0, 0.1) is 0 Å². The number of aryl methyl sites for hydroxylation is 1. The van der Waals surface area contributed by atoms with Crippen molar-refractivity contribution in [1.82, 2.24) is 13.9 Å². The number of nitrogens with zero attached hydrogens (tertiary/aromatic N) is 3. The fourth-order valence-electron chi connectivity index (χ4n) is 3.52. The Morgan fingerprint density at radius 2 is 1.75 bits per heavy atom. The van der Waals surface area contributed by atoms with Crippen LogP contribution in [0.3, 0.4) is 0 Å². The average Bonchev–Trinajstić information content (AvgIpc) is 3.12. The molecular formula is C14H15N3O2S. The van der Waals surface area contributed by atoms with Gasteiger partial charge in [0.2, 0.25) is 5.16 Å². The molecule has 20 heavy (non-hydrogen) atoms. The van der Waals surface area contributed by atoms with Gasteiger partial charge in [0.25, 0.3) is 10.0 Å². The molecule has 0 amide bonds. The Hall–Kier alpha value is -1.66. The summed E-state index contributed by atoms with van der Waals surface area (Å²) >= 11 is 0. The zero-order chi connectivity index (χ0) is 13.9. The van der Waals surface area contributed by atoms with Crippen molar-refractivity contribution in [2.75, 3.05) is 0 Å². The Morgan fingerprint density at radius 3 is 2.25 bits per heavy atom. The van der Waals surface area contributed by atoms with E-state index in [1.807, 2.05) is 24.3 Å². The van der Waals surface area contributed by atoms with Gasteiger partial charge in [-0.05, 0) is 24.0 Å². The Bertz CT molecular complexity index is 750. The topological polar surface area (TPSA) is 55.2 Å². The summed E-state index contributed by atoms with van der Waals surface area (Å²) < 4.78 is 29.0. The molecule has 0 radical (unpaired) electrons. The fourth-order valence-corrected chi connectivity index (χ4v) is 5.44. The summed E-state index contributed by atoms with van der Waals surface area (Å²) in [6.45, 7) is 0. The fraction of sp³-hybridized carbons (Fsp3) is 0.357. The van der Waals surface area contributed by atoms with Gasteiger partial charge >= 0.3 is 0 Å². The van der Waals surface area contributed by atoms with Gasteiger partial charge in [-0.2, -0.15) is 4.31 Å². The maximum atomic E-state index is 12.9. The summed E-state index contributed by atoms with van der Waals surface area (Å²) in [5.41, 5.74) is 2.31. The molecule has 1 fully saturated rings. The number of rotatable bonds is 2. The molecule has 1 aromatic carbocycles. The second-order valence-electron chi connectivity index (χ2n) is 5.39. The number of hydrogen-bond acceptors (Lipinski definition) is 3. The highest BCUT2D eigenvalue weighted by atomic mass is 32.2. The number of aromatic nitrogens is 2. The lowest BCUT2D eigenvalue weighted by Crippen LogP contribution is -2.30. The summed E-state index contributed by atoms with van der Waals surface area (Å²) in [5, 5.41) is 0.127. The summed E-state index contributed by atoms with van der Waals surface area (Å²) in [6.07, 6.45) is 4.98. The van der Waals surface area contributed by atoms with Crippen molar-refractivity contribution in [2.24, 2.45) is 7.05 Å². The Morgan fingerprint density at radius 1 is 1.15 bits per heavy atom. The molecule has 0 spiro atoms. The molecule has 0 unspecified atom stereocenters. The molecule has 0 aliphatic carbocycles. The second kappa shape index (κ2) is 3.93. The predicted molar refractivity (Wildman–Crippen MR) is 73.4 cm³/mol. The zero-order valence-corrected chi connectivity index (χ0v) is 11.9. The van der Waals surface area contributed by atoms with Crippen LogP contribution in [0.15, 0.2) is 41.8 Å². The minimum atomic E-state index is -3.54. The standard InChI is InChI=1S/C14H15N3O2S/c1-16-9-8-15-14(16)20(18,19)17-12-6-7-13(17)11-5-3-2-4-10(11)12/h2-5,8-9,12-13H,6-7H2,1H3/t12-,13-/m0/s1. The molecular weight excluding hydrogens is 274 g/mol. The quantitative estimate of drug-likeness (QED) is 0.849. The highest BCUT2D eigenvalue weighted by Crippen LogP contribution is 2.55. The summed E-state index contributed by atoms with van der Waals surface area (Å²) in [4.78, 5) is 4.02. The van der Waals surface area contributed by atoms with E-state index >= 15 is 0 Å². The Balaban J connectivity index is 1.85. The number of sulfonamides is 1. The zero-order valence-electron chi connectivity index (χ0n) is 11.1. The average molecular weight is 289 g/mol. The molecule has 4 rings (SSSR count). The van der Waals surface area contributed by atoms with Gasteiger partial charge < -0.3 is 4.57 Å². The SMILES string of the molecule is Cn1ccnc1S(=O)(=O)N1[C@H]2CC[C@H]1c1ccccc12. The third kappa shape index (κ3) is 1.40. The van der Waals surface area contributed by atoms with E-state index in [1.165, 1.54) is 6.20 Å². The molecule has 1 saturated heterocycles. The van der Waals surface area contributed by atoms with E-state index in [-0.39, 0.29) is 17.2 Å². The molecule has 0 saturated carbocycles. The molecule has 3 heterocycles. The van der Waals surface area contributed by atoms with Gasteiger partial charge in [-0.15, -0.1) is 0 Å². The van der Waals surface area contributed by atoms with Gasteiger partial charge in [0, 0.05) is 19.4 Å². The van der Waals surface area contributed by atoms with Crippen molar-refractivity contribution in [2.45, 2.75) is 30.1 Å². The lowest BCUT2D eigenvalue weighted by Gasteiger charge is -2.21. The van der Waals surface area contributed by atoms with Crippen molar-refractivity contribution in [3.8, 4) is 0 Å². The van der Waals surface area contributed by atoms with Crippen molar-refractivity contribution < 1.29 is 8.42 Å². The Labute approximate surface area is 117 Å². The van der Waals surface area contributed by atoms with Crippen LogP contribution in [-0.2, 0) is 17.1 Å². The first kappa shape index (κ1) is 12.1. The van der Waals surface area contributed by atoms with Crippen LogP contribution < -0.4 is 0 Å². The van der Waals surface area contributed by atoms with Gasteiger partial charge in [0.05, 0.1) is 12.1 Å². The molecule has 2 bridgehead atoms. The summed E-state index contributed by atoms with van der Waals surface area (Å²) in [6, 6.07) is 7.98. The maximum absolute atomic E-state index is 12.9. The first-order valence-electron chi connectivity index (χ1n) is 6.70. The smallest absolute Gasteiger partial charge is 0.278 e. The number of imidazole rings is 1. The molecule has 5 nitrogen and oxygen atoms in total. The summed E-state index contributed by atoms with van der Waals surface area (Å²) in [5.74, 6) is 0. The van der Waals surface area contributed by atoms with Gasteiger partial charge in [0.15, 0.2) is 0 Å². The van der Waals surface area contributed by atoms with Crippen LogP contribution >= 0.6 is 0 Å². The monoisotopic (exact) mass is 289 g/mol. The molecule has 104 valence electrons. The van der Waals surface area contributed by atoms with Crippen LogP contribution in [0.4, 0.5) is 0 Å². The van der Waals surface area contributed by atoms with Gasteiger partial charge in [0.1, 0.15) is 0 Å². The number of hydrogen-bond donors (Lipinski definition) is 0. The highest BCUT2D eigenvalue weighted by molar-refractivity contribution is 7.89. The molecule has 0 N–H and O–H groups in total. The van der Waals surface area contributed by atoms with E-state index in [9.17, 15) is 8.42 Å². The van der Waals surface area contributed by atoms with E-state index in [2.05, 4.69) is 4.98 Å². The lowest BCUT2D eigenvalue weighted by molar-refractivity contribution is 0.360. The largest absolute Gasteiger partial charge is 0.324 e. The van der Waals surface area contributed by atoms with Crippen LogP contribution in [-0.4, -0.2) is 22.3 Å². The van der Waals surface area contributed by atoms with Gasteiger partial charge in [-0.1, -0.05) is 24.3 Å². The van der Waals surface area contributed by atoms with Gasteiger partial charge in [-0.3, -0.25) is 0 Å². The third-order valence-electron chi connectivity index (χ3n) is 4.33. The third-order valence-corrected chi connectivity index (χ3v) is 6.25. The van der Waals surface area contributed by atoms with Crippen molar-refractivity contribution >= 4 is 10.0 Å². The van der Waals surface area contributed by atoms with Crippen molar-refractivity contribution in [1.29, 1.82) is 0 Å². The number of benzene rings is 1. The van der Waals surface area contributed by atoms with E-state index in [0.29, 0.717) is 0 Å². The second-order valence-corrected chi connectivity index (χ2v) is 7.13. The molecule has 1 aromatic heterocycles. The maximum Gasteiger partial charge on any atom is 0.278 e.